The van der Waals surface area contributed by atoms with Gasteiger partial charge in [-0.3, -0.25) is 4.84 Å². The van der Waals surface area contributed by atoms with Gasteiger partial charge in [0.1, 0.15) is 11.8 Å². The molecule has 6 heteroatoms. The van der Waals surface area contributed by atoms with Crippen LogP contribution in [0.5, 0.6) is 5.75 Å². The second kappa shape index (κ2) is 9.98. The summed E-state index contributed by atoms with van der Waals surface area (Å²) in [5.74, 6) is 0.850. The summed E-state index contributed by atoms with van der Waals surface area (Å²) in [5.41, 5.74) is 1.93. The zero-order valence-electron chi connectivity index (χ0n) is 19.8. The zero-order chi connectivity index (χ0) is 23.4. The van der Waals surface area contributed by atoms with Gasteiger partial charge in [-0.05, 0) is 23.6 Å². The lowest BCUT2D eigenvalue weighted by Gasteiger charge is -2.34. The van der Waals surface area contributed by atoms with Crippen LogP contribution in [0.2, 0.25) is 0 Å². The van der Waals surface area contributed by atoms with Gasteiger partial charge in [0, 0.05) is 17.4 Å². The minimum absolute atomic E-state index is 0.0505. The molecular weight excluding hydrogens is 418 g/mol. The molecule has 0 bridgehead atoms. The van der Waals surface area contributed by atoms with Crippen molar-refractivity contribution < 1.29 is 23.8 Å². The van der Waals surface area contributed by atoms with Gasteiger partial charge in [-0.1, -0.05) is 76.2 Å². The average Bonchev–Trinajstić information content (AvgIpc) is 3.19. The van der Waals surface area contributed by atoms with Gasteiger partial charge in [-0.25, -0.2) is 4.79 Å². The summed E-state index contributed by atoms with van der Waals surface area (Å²) in [6.45, 7) is 9.94. The minimum atomic E-state index is -0.606. The molecule has 0 aromatic heterocycles. The van der Waals surface area contributed by atoms with Crippen molar-refractivity contribution in [3.63, 3.8) is 0 Å². The van der Waals surface area contributed by atoms with Crippen LogP contribution < -0.4 is 4.74 Å². The van der Waals surface area contributed by atoms with Crippen LogP contribution in [-0.2, 0) is 25.7 Å². The number of esters is 1. The van der Waals surface area contributed by atoms with E-state index in [1.54, 1.807) is 17.2 Å². The number of benzene rings is 2. The molecule has 2 fully saturated rings. The Bertz CT molecular complexity index is 959. The van der Waals surface area contributed by atoms with Crippen LogP contribution in [0.3, 0.4) is 0 Å². The molecule has 176 valence electrons. The lowest BCUT2D eigenvalue weighted by molar-refractivity contribution is -0.212. The predicted octanol–water partition coefficient (Wildman–Crippen LogP) is 5.11. The Morgan fingerprint density at radius 2 is 1.64 bits per heavy atom. The van der Waals surface area contributed by atoms with Gasteiger partial charge in [0.15, 0.2) is 0 Å². The average molecular weight is 452 g/mol. The van der Waals surface area contributed by atoms with Crippen molar-refractivity contribution in [1.29, 1.82) is 0 Å². The van der Waals surface area contributed by atoms with E-state index < -0.39 is 6.04 Å². The number of rotatable bonds is 6. The number of hydroxylamine groups is 2. The van der Waals surface area contributed by atoms with Crippen LogP contribution in [0.25, 0.3) is 0 Å². The van der Waals surface area contributed by atoms with Gasteiger partial charge in [0.05, 0.1) is 25.9 Å². The quantitative estimate of drug-likeness (QED) is 0.450. The Labute approximate surface area is 196 Å². The number of carbonyl (C=O) groups is 1. The van der Waals surface area contributed by atoms with E-state index in [0.29, 0.717) is 37.9 Å². The highest BCUT2D eigenvalue weighted by Crippen LogP contribution is 2.39. The highest BCUT2D eigenvalue weighted by atomic mass is 16.7. The molecule has 2 atom stereocenters. The Balaban J connectivity index is 1.62. The fourth-order valence-electron chi connectivity index (χ4n) is 4.21. The third-order valence-electron chi connectivity index (χ3n) is 5.89. The Morgan fingerprint density at radius 1 is 1.03 bits per heavy atom. The Hall–Kier alpha value is -2.83. The van der Waals surface area contributed by atoms with E-state index in [4.69, 9.17) is 19.0 Å². The number of nitrogens with zero attached hydrogens (tertiary/aromatic N) is 1. The van der Waals surface area contributed by atoms with Crippen molar-refractivity contribution in [2.75, 3.05) is 13.2 Å². The molecule has 0 radical (unpaired) electrons. The monoisotopic (exact) mass is 451 g/mol. The summed E-state index contributed by atoms with van der Waals surface area (Å²) in [6, 6.07) is 18.3. The summed E-state index contributed by atoms with van der Waals surface area (Å²) in [7, 11) is 0. The molecule has 2 aliphatic heterocycles. The van der Waals surface area contributed by atoms with E-state index in [0.717, 1.165) is 11.1 Å². The first-order chi connectivity index (χ1) is 15.8. The maximum Gasteiger partial charge on any atom is 0.331 e. The summed E-state index contributed by atoms with van der Waals surface area (Å²) in [6.07, 6.45) is 0.430. The van der Waals surface area contributed by atoms with E-state index in [-0.39, 0.29) is 23.3 Å². The molecule has 0 unspecified atom stereocenters. The molecule has 2 saturated heterocycles. The molecule has 2 heterocycles. The lowest BCUT2D eigenvalue weighted by Crippen LogP contribution is -2.44. The first-order valence-electron chi connectivity index (χ1n) is 11.5. The largest absolute Gasteiger partial charge is 0.465 e. The molecular formula is C27H33NO5. The zero-order valence-corrected chi connectivity index (χ0v) is 19.8. The molecule has 2 aromatic carbocycles. The highest BCUT2D eigenvalue weighted by molar-refractivity contribution is 5.79. The molecule has 0 spiro atoms. The predicted molar refractivity (Wildman–Crippen MR) is 125 cm³/mol. The maximum absolute atomic E-state index is 13.3. The standard InChI is InChI=1S/C27H33NO5/c1-19(2)24-22(26-30-17-27(3,4)18-31-26)15-23(25(29)33-21-13-9-6-10-14-21)28(24)32-16-20-11-7-5-8-12-20/h5-14,19,23-24H,15-18H2,1-4H3/t23-,24-/m1/s1. The fourth-order valence-corrected chi connectivity index (χ4v) is 4.21. The van der Waals surface area contributed by atoms with Crippen molar-refractivity contribution in [1.82, 2.24) is 5.06 Å². The van der Waals surface area contributed by atoms with Crippen LogP contribution >= 0.6 is 0 Å². The van der Waals surface area contributed by atoms with Crippen molar-refractivity contribution in [2.45, 2.75) is 52.8 Å². The van der Waals surface area contributed by atoms with Gasteiger partial charge in [0.2, 0.25) is 0 Å². The van der Waals surface area contributed by atoms with Crippen LogP contribution in [0, 0.1) is 11.3 Å². The summed E-state index contributed by atoms with van der Waals surface area (Å²) in [4.78, 5) is 19.6. The Kier molecular flexibility index (Phi) is 7.05. The van der Waals surface area contributed by atoms with Crippen molar-refractivity contribution in [3.05, 3.63) is 77.7 Å². The van der Waals surface area contributed by atoms with Gasteiger partial charge in [0.25, 0.3) is 5.95 Å². The molecule has 0 N–H and O–H groups in total. The normalized spacial score (nSPS) is 22.7. The van der Waals surface area contributed by atoms with Gasteiger partial charge in [-0.2, -0.15) is 5.06 Å². The first kappa shape index (κ1) is 23.3. The number of hydrogen-bond acceptors (Lipinski definition) is 6. The molecule has 2 aromatic rings. The number of ether oxygens (including phenoxy) is 3. The highest BCUT2D eigenvalue weighted by Gasteiger charge is 2.48. The van der Waals surface area contributed by atoms with E-state index >= 15 is 0 Å². The molecule has 0 saturated carbocycles. The van der Waals surface area contributed by atoms with E-state index in [2.05, 4.69) is 27.7 Å². The number of hydrogen-bond donors (Lipinski definition) is 0. The van der Waals surface area contributed by atoms with Crippen LogP contribution in [0.1, 0.15) is 39.7 Å². The molecule has 0 aliphatic carbocycles. The SMILES string of the molecule is CC(C)[C@@H]1C(=C2OCC(C)(C)CO2)C[C@H](C(=O)Oc2ccccc2)N1OCc1ccccc1. The molecule has 6 nitrogen and oxygen atoms in total. The van der Waals surface area contributed by atoms with E-state index in [9.17, 15) is 4.79 Å². The first-order valence-corrected chi connectivity index (χ1v) is 11.5. The van der Waals surface area contributed by atoms with Crippen molar-refractivity contribution in [2.24, 2.45) is 11.3 Å². The van der Waals surface area contributed by atoms with Crippen molar-refractivity contribution >= 4 is 5.97 Å². The van der Waals surface area contributed by atoms with E-state index in [1.165, 1.54) is 0 Å². The number of para-hydroxylation sites is 1. The second-order valence-corrected chi connectivity index (χ2v) is 9.82. The molecule has 4 rings (SSSR count). The fraction of sp³-hybridized carbons (Fsp3) is 0.444. The topological polar surface area (TPSA) is 57.2 Å². The minimum Gasteiger partial charge on any atom is -0.465 e. The summed E-state index contributed by atoms with van der Waals surface area (Å²) >= 11 is 0. The van der Waals surface area contributed by atoms with Crippen LogP contribution in [0.15, 0.2) is 72.2 Å². The lowest BCUT2D eigenvalue weighted by atomic mass is 9.94. The van der Waals surface area contributed by atoms with Crippen LogP contribution in [-0.4, -0.2) is 36.3 Å². The van der Waals surface area contributed by atoms with Gasteiger partial charge < -0.3 is 14.2 Å². The Morgan fingerprint density at radius 3 is 2.24 bits per heavy atom. The smallest absolute Gasteiger partial charge is 0.331 e. The summed E-state index contributed by atoms with van der Waals surface area (Å²) in [5, 5.41) is 1.79. The van der Waals surface area contributed by atoms with E-state index in [1.807, 2.05) is 48.5 Å². The molecule has 2 aliphatic rings. The third kappa shape index (κ3) is 5.57. The van der Waals surface area contributed by atoms with Gasteiger partial charge in [-0.15, -0.1) is 0 Å². The third-order valence-corrected chi connectivity index (χ3v) is 5.89. The number of carbonyl (C=O) groups excluding carboxylic acids is 1. The maximum atomic E-state index is 13.3. The van der Waals surface area contributed by atoms with Crippen LogP contribution in [0.4, 0.5) is 0 Å². The second-order valence-electron chi connectivity index (χ2n) is 9.82. The van der Waals surface area contributed by atoms with Gasteiger partial charge >= 0.3 is 5.97 Å². The van der Waals surface area contributed by atoms with Crippen molar-refractivity contribution in [3.8, 4) is 5.75 Å². The molecule has 33 heavy (non-hydrogen) atoms. The molecule has 0 amide bonds. The summed E-state index contributed by atoms with van der Waals surface area (Å²) < 4.78 is 17.8.